The molecule has 0 aromatic rings. The summed E-state index contributed by atoms with van der Waals surface area (Å²) in [5.41, 5.74) is 0. The number of amides is 1. The van der Waals surface area contributed by atoms with E-state index in [1.54, 1.807) is 0 Å². The highest BCUT2D eigenvalue weighted by molar-refractivity contribution is 5.78. The molecule has 0 bridgehead atoms. The zero-order valence-electron chi connectivity index (χ0n) is 8.26. The molecule has 1 rings (SSSR count). The van der Waals surface area contributed by atoms with Gasteiger partial charge in [-0.1, -0.05) is 20.8 Å². The molecule has 0 aromatic carbocycles. The van der Waals surface area contributed by atoms with E-state index in [0.29, 0.717) is 12.0 Å². The monoisotopic (exact) mass is 169 g/mol. The first-order valence-electron chi connectivity index (χ1n) is 4.91. The van der Waals surface area contributed by atoms with Crippen molar-refractivity contribution in [1.82, 2.24) is 5.32 Å². The molecule has 0 aromatic heterocycles. The van der Waals surface area contributed by atoms with E-state index in [4.69, 9.17) is 0 Å². The molecule has 1 unspecified atom stereocenters. The quantitative estimate of drug-likeness (QED) is 0.687. The van der Waals surface area contributed by atoms with Crippen LogP contribution in [0.2, 0.25) is 0 Å². The lowest BCUT2D eigenvalue weighted by atomic mass is 9.91. The molecule has 0 heterocycles. The zero-order valence-corrected chi connectivity index (χ0v) is 8.26. The largest absolute Gasteiger partial charge is 0.353 e. The second-order valence-electron chi connectivity index (χ2n) is 4.17. The molecule has 70 valence electrons. The van der Waals surface area contributed by atoms with Crippen LogP contribution in [0.1, 0.15) is 40.0 Å². The lowest BCUT2D eigenvalue weighted by molar-refractivity contribution is -0.126. The predicted octanol–water partition coefficient (Wildman–Crippen LogP) is 1.95. The van der Waals surface area contributed by atoms with Crippen LogP contribution in [0, 0.1) is 11.8 Å². The van der Waals surface area contributed by atoms with Crippen LogP contribution >= 0.6 is 0 Å². The molecule has 1 aliphatic rings. The maximum atomic E-state index is 11.5. The first kappa shape index (κ1) is 9.56. The Labute approximate surface area is 74.7 Å². The van der Waals surface area contributed by atoms with Gasteiger partial charge >= 0.3 is 0 Å². The number of rotatable bonds is 3. The second-order valence-corrected chi connectivity index (χ2v) is 4.17. The number of hydrogen-bond acceptors (Lipinski definition) is 1. The summed E-state index contributed by atoms with van der Waals surface area (Å²) in [6, 6.07) is 0.485. The average Bonchev–Trinajstić information content (AvgIpc) is 1.94. The molecule has 1 aliphatic carbocycles. The lowest BCUT2D eigenvalue weighted by Gasteiger charge is -2.28. The summed E-state index contributed by atoms with van der Waals surface area (Å²) >= 11 is 0. The smallest absolute Gasteiger partial charge is 0.223 e. The predicted molar refractivity (Wildman–Crippen MR) is 49.8 cm³/mol. The summed E-state index contributed by atoms with van der Waals surface area (Å²) in [5.74, 6) is 0.838. The van der Waals surface area contributed by atoms with Crippen molar-refractivity contribution in [2.75, 3.05) is 0 Å². The Hall–Kier alpha value is -0.530. The number of nitrogens with one attached hydrogen (secondary N) is 1. The summed E-state index contributed by atoms with van der Waals surface area (Å²) in [6.07, 6.45) is 3.63. The van der Waals surface area contributed by atoms with Gasteiger partial charge in [-0.3, -0.25) is 4.79 Å². The number of carbonyl (C=O) groups excluding carboxylic acids is 1. The third-order valence-electron chi connectivity index (χ3n) is 2.87. The summed E-state index contributed by atoms with van der Waals surface area (Å²) in [6.45, 7) is 6.18. The van der Waals surface area contributed by atoms with E-state index in [1.165, 1.54) is 19.3 Å². The first-order chi connectivity index (χ1) is 5.61. The minimum Gasteiger partial charge on any atom is -0.353 e. The molecule has 0 aliphatic heterocycles. The SMILES string of the molecule is CC(C)C(C)C(=O)NC1CCC1. The van der Waals surface area contributed by atoms with Gasteiger partial charge in [-0.25, -0.2) is 0 Å². The van der Waals surface area contributed by atoms with Crippen molar-refractivity contribution in [2.45, 2.75) is 46.1 Å². The van der Waals surface area contributed by atoms with Gasteiger partial charge in [0.05, 0.1) is 0 Å². The maximum Gasteiger partial charge on any atom is 0.223 e. The van der Waals surface area contributed by atoms with Gasteiger partial charge in [0.2, 0.25) is 5.91 Å². The third kappa shape index (κ3) is 2.23. The minimum atomic E-state index is 0.158. The van der Waals surface area contributed by atoms with Crippen LogP contribution in [0.5, 0.6) is 0 Å². The van der Waals surface area contributed by atoms with Gasteiger partial charge in [0, 0.05) is 12.0 Å². The van der Waals surface area contributed by atoms with Crippen LogP contribution in [-0.4, -0.2) is 11.9 Å². The van der Waals surface area contributed by atoms with Crippen LogP contribution in [0.25, 0.3) is 0 Å². The molecule has 0 saturated heterocycles. The third-order valence-corrected chi connectivity index (χ3v) is 2.87. The van der Waals surface area contributed by atoms with Crippen molar-refractivity contribution in [2.24, 2.45) is 11.8 Å². The van der Waals surface area contributed by atoms with Gasteiger partial charge in [0.15, 0.2) is 0 Å². The standard InChI is InChI=1S/C10H19NO/c1-7(2)8(3)10(12)11-9-5-4-6-9/h7-9H,4-6H2,1-3H3,(H,11,12). The Morgan fingerprint density at radius 2 is 1.92 bits per heavy atom. The molecule has 1 fully saturated rings. The minimum absolute atomic E-state index is 0.158. The molecule has 1 N–H and O–H groups in total. The molecular formula is C10H19NO. The van der Waals surface area contributed by atoms with Gasteiger partial charge in [-0.2, -0.15) is 0 Å². The summed E-state index contributed by atoms with van der Waals surface area (Å²) < 4.78 is 0. The second kappa shape index (κ2) is 3.92. The fourth-order valence-electron chi connectivity index (χ4n) is 1.19. The number of carbonyl (C=O) groups is 1. The Kier molecular flexibility index (Phi) is 3.12. The summed E-state index contributed by atoms with van der Waals surface area (Å²) in [7, 11) is 0. The van der Waals surface area contributed by atoms with Gasteiger partial charge in [0.1, 0.15) is 0 Å². The van der Waals surface area contributed by atoms with Crippen molar-refractivity contribution in [1.29, 1.82) is 0 Å². The topological polar surface area (TPSA) is 29.1 Å². The van der Waals surface area contributed by atoms with E-state index < -0.39 is 0 Å². The Morgan fingerprint density at radius 1 is 1.33 bits per heavy atom. The van der Waals surface area contributed by atoms with E-state index in [-0.39, 0.29) is 11.8 Å². The molecule has 1 amide bonds. The molecule has 0 spiro atoms. The van der Waals surface area contributed by atoms with Crippen molar-refractivity contribution < 1.29 is 4.79 Å². The van der Waals surface area contributed by atoms with Gasteiger partial charge in [0.25, 0.3) is 0 Å². The highest BCUT2D eigenvalue weighted by atomic mass is 16.1. The fraction of sp³-hybridized carbons (Fsp3) is 0.900. The van der Waals surface area contributed by atoms with Crippen LogP contribution in [0.4, 0.5) is 0 Å². The van der Waals surface area contributed by atoms with Gasteiger partial charge < -0.3 is 5.32 Å². The van der Waals surface area contributed by atoms with Crippen molar-refractivity contribution in [3.8, 4) is 0 Å². The van der Waals surface area contributed by atoms with Crippen LogP contribution in [-0.2, 0) is 4.79 Å². The molecule has 1 atom stereocenters. The molecule has 2 heteroatoms. The van der Waals surface area contributed by atoms with Crippen molar-refractivity contribution in [3.63, 3.8) is 0 Å². The molecule has 12 heavy (non-hydrogen) atoms. The average molecular weight is 169 g/mol. The normalized spacial score (nSPS) is 20.3. The lowest BCUT2D eigenvalue weighted by Crippen LogP contribution is -2.43. The van der Waals surface area contributed by atoms with Gasteiger partial charge in [-0.15, -0.1) is 0 Å². The Morgan fingerprint density at radius 3 is 2.25 bits per heavy atom. The highest BCUT2D eigenvalue weighted by Crippen LogP contribution is 2.19. The van der Waals surface area contributed by atoms with E-state index in [9.17, 15) is 4.79 Å². The van der Waals surface area contributed by atoms with Crippen molar-refractivity contribution in [3.05, 3.63) is 0 Å². The first-order valence-corrected chi connectivity index (χ1v) is 4.91. The Bertz CT molecular complexity index is 161. The van der Waals surface area contributed by atoms with E-state index in [0.717, 1.165) is 0 Å². The number of hydrogen-bond donors (Lipinski definition) is 1. The van der Waals surface area contributed by atoms with Gasteiger partial charge in [-0.05, 0) is 25.2 Å². The zero-order chi connectivity index (χ0) is 9.14. The Balaban J connectivity index is 2.26. The van der Waals surface area contributed by atoms with Crippen molar-refractivity contribution >= 4 is 5.91 Å². The van der Waals surface area contributed by atoms with E-state index in [1.807, 2.05) is 6.92 Å². The highest BCUT2D eigenvalue weighted by Gasteiger charge is 2.23. The van der Waals surface area contributed by atoms with Crippen LogP contribution in [0.3, 0.4) is 0 Å². The summed E-state index contributed by atoms with van der Waals surface area (Å²) in [4.78, 5) is 11.5. The molecule has 1 saturated carbocycles. The van der Waals surface area contributed by atoms with Crippen LogP contribution < -0.4 is 5.32 Å². The molecular weight excluding hydrogens is 150 g/mol. The van der Waals surface area contributed by atoms with E-state index >= 15 is 0 Å². The molecule has 2 nitrogen and oxygen atoms in total. The van der Waals surface area contributed by atoms with E-state index in [2.05, 4.69) is 19.2 Å². The fourth-order valence-corrected chi connectivity index (χ4v) is 1.19. The maximum absolute atomic E-state index is 11.5. The summed E-state index contributed by atoms with van der Waals surface area (Å²) in [5, 5.41) is 3.06. The van der Waals surface area contributed by atoms with Crippen LogP contribution in [0.15, 0.2) is 0 Å². The molecule has 0 radical (unpaired) electrons.